The number of benzene rings is 2. The molecule has 0 bridgehead atoms. The molecule has 2 aromatic carbocycles. The molecule has 11 nitrogen and oxygen atoms in total. The fourth-order valence-electron chi connectivity index (χ4n) is 6.09. The van der Waals surface area contributed by atoms with Crippen LogP contribution in [-0.4, -0.2) is 103 Å². The number of β-amino-alcohol motifs (C(OH)–C–C–N with tert-alkyl or cyclic N) is 1. The first-order valence-electron chi connectivity index (χ1n) is 14.4. The zero-order valence-corrected chi connectivity index (χ0v) is 25.4. The standard InChI is InChI=1S/C31H37N3O8S/c1-30(2,3)42-29(36)33-19-31(37,20-33)14-25(21-7-5-4-6-8-21)28(35)32-15-22-17-34(18-23(22)16-32)43(38,39)24-9-10-26-27(13-24)41-12-11-40-26/h4-10,13,25,37H,11-12,14-20H2,1-3H3. The Hall–Kier alpha value is -3.61. The van der Waals surface area contributed by atoms with Gasteiger partial charge in [-0.05, 0) is 56.0 Å². The molecule has 0 spiro atoms. The Morgan fingerprint density at radius 2 is 1.56 bits per heavy atom. The maximum absolute atomic E-state index is 14.0. The highest BCUT2D eigenvalue weighted by Gasteiger charge is 2.49. The first kappa shape index (κ1) is 29.5. The third-order valence-electron chi connectivity index (χ3n) is 8.17. The lowest BCUT2D eigenvalue weighted by atomic mass is 9.80. The molecule has 2 amide bonds. The van der Waals surface area contributed by atoms with E-state index < -0.39 is 33.2 Å². The first-order valence-corrected chi connectivity index (χ1v) is 15.9. The number of ether oxygens (including phenoxy) is 3. The summed E-state index contributed by atoms with van der Waals surface area (Å²) in [5, 5.41) is 11.3. The molecule has 4 heterocycles. The molecule has 0 radical (unpaired) electrons. The molecule has 4 aliphatic heterocycles. The maximum Gasteiger partial charge on any atom is 0.410 e. The van der Waals surface area contributed by atoms with Gasteiger partial charge in [0.05, 0.1) is 23.9 Å². The third kappa shape index (κ3) is 5.96. The van der Waals surface area contributed by atoms with Crippen molar-refractivity contribution in [3.8, 4) is 11.5 Å². The fourth-order valence-corrected chi connectivity index (χ4v) is 7.53. The number of nitrogens with zero attached hydrogens (tertiary/aromatic N) is 3. The van der Waals surface area contributed by atoms with Crippen LogP contribution in [0.1, 0.15) is 38.7 Å². The monoisotopic (exact) mass is 611 g/mol. The number of amides is 2. The van der Waals surface area contributed by atoms with Crippen LogP contribution in [0.15, 0.2) is 64.6 Å². The van der Waals surface area contributed by atoms with E-state index >= 15 is 0 Å². The molecule has 230 valence electrons. The van der Waals surface area contributed by atoms with E-state index in [0.29, 0.717) is 37.8 Å². The zero-order chi connectivity index (χ0) is 30.6. The average Bonchev–Trinajstić information content (AvgIpc) is 3.54. The molecule has 0 saturated carbocycles. The number of aliphatic hydroxyl groups is 1. The number of carbonyl (C=O) groups excluding carboxylic acids is 2. The molecule has 43 heavy (non-hydrogen) atoms. The van der Waals surface area contributed by atoms with Gasteiger partial charge in [-0.2, -0.15) is 4.31 Å². The van der Waals surface area contributed by atoms with Crippen LogP contribution in [0.4, 0.5) is 4.79 Å². The number of hydrogen-bond acceptors (Lipinski definition) is 8. The van der Waals surface area contributed by atoms with Crippen molar-refractivity contribution >= 4 is 22.0 Å². The van der Waals surface area contributed by atoms with Crippen LogP contribution >= 0.6 is 0 Å². The van der Waals surface area contributed by atoms with Crippen molar-refractivity contribution in [3.63, 3.8) is 0 Å². The Kier molecular flexibility index (Phi) is 7.42. The molecule has 0 aliphatic carbocycles. The summed E-state index contributed by atoms with van der Waals surface area (Å²) in [6.07, 6.45) is -0.336. The van der Waals surface area contributed by atoms with Gasteiger partial charge in [-0.1, -0.05) is 30.3 Å². The lowest BCUT2D eigenvalue weighted by Gasteiger charge is -2.47. The number of rotatable bonds is 6. The minimum absolute atomic E-state index is 0.0833. The van der Waals surface area contributed by atoms with E-state index in [-0.39, 0.29) is 43.4 Å². The first-order chi connectivity index (χ1) is 20.3. The van der Waals surface area contributed by atoms with E-state index in [1.165, 1.54) is 21.3 Å². The Bertz CT molecular complexity index is 1540. The molecule has 2 aromatic rings. The van der Waals surface area contributed by atoms with Crippen LogP contribution in [0.2, 0.25) is 0 Å². The van der Waals surface area contributed by atoms with E-state index in [9.17, 15) is 23.1 Å². The van der Waals surface area contributed by atoms with Gasteiger partial charge in [0.1, 0.15) is 24.4 Å². The minimum atomic E-state index is -3.78. The predicted molar refractivity (Wildman–Crippen MR) is 156 cm³/mol. The van der Waals surface area contributed by atoms with Gasteiger partial charge < -0.3 is 29.1 Å². The number of likely N-dealkylation sites (tertiary alicyclic amines) is 1. The van der Waals surface area contributed by atoms with Gasteiger partial charge in [-0.15, -0.1) is 0 Å². The normalized spacial score (nSPS) is 20.5. The summed E-state index contributed by atoms with van der Waals surface area (Å²) in [4.78, 5) is 29.7. The molecule has 1 atom stereocenters. The largest absolute Gasteiger partial charge is 0.486 e. The highest BCUT2D eigenvalue weighted by Crippen LogP contribution is 2.38. The number of sulfonamides is 1. The van der Waals surface area contributed by atoms with Crippen molar-refractivity contribution in [2.75, 3.05) is 52.5 Å². The predicted octanol–water partition coefficient (Wildman–Crippen LogP) is 2.76. The lowest BCUT2D eigenvalue weighted by Crippen LogP contribution is -2.64. The van der Waals surface area contributed by atoms with Crippen molar-refractivity contribution in [3.05, 3.63) is 65.2 Å². The van der Waals surface area contributed by atoms with Crippen LogP contribution in [0, 0.1) is 0 Å². The second-order valence-corrected chi connectivity index (χ2v) is 14.6. The SMILES string of the molecule is CC(C)(C)OC(=O)N1CC(O)(CC(C(=O)N2CC3=C(C2)CN(S(=O)(=O)c2ccc4c(c2)OCCO4)C3)c2ccccc2)C1. The van der Waals surface area contributed by atoms with Crippen molar-refractivity contribution in [1.82, 2.24) is 14.1 Å². The Labute approximate surface area is 251 Å². The van der Waals surface area contributed by atoms with Gasteiger partial charge in [-0.3, -0.25) is 4.79 Å². The lowest BCUT2D eigenvalue weighted by molar-refractivity contribution is -0.138. The molecule has 1 saturated heterocycles. The van der Waals surface area contributed by atoms with Gasteiger partial charge in [-0.25, -0.2) is 13.2 Å². The third-order valence-corrected chi connectivity index (χ3v) is 9.95. The molecule has 1 unspecified atom stereocenters. The second-order valence-electron chi connectivity index (χ2n) is 12.7. The highest BCUT2D eigenvalue weighted by molar-refractivity contribution is 7.89. The van der Waals surface area contributed by atoms with Gasteiger partial charge >= 0.3 is 6.09 Å². The Balaban J connectivity index is 1.11. The van der Waals surface area contributed by atoms with Crippen molar-refractivity contribution in [2.45, 2.75) is 49.2 Å². The summed E-state index contributed by atoms with van der Waals surface area (Å²) in [7, 11) is -3.78. The van der Waals surface area contributed by atoms with Gasteiger partial charge in [0.2, 0.25) is 15.9 Å². The summed E-state index contributed by atoms with van der Waals surface area (Å²) in [5.74, 6) is 0.187. The summed E-state index contributed by atoms with van der Waals surface area (Å²) < 4.78 is 44.9. The van der Waals surface area contributed by atoms with E-state index in [2.05, 4.69) is 0 Å². The number of carbonyl (C=O) groups is 2. The van der Waals surface area contributed by atoms with Crippen molar-refractivity contribution in [2.24, 2.45) is 0 Å². The quantitative estimate of drug-likeness (QED) is 0.495. The summed E-state index contributed by atoms with van der Waals surface area (Å²) in [6.45, 7) is 7.39. The Morgan fingerprint density at radius 1 is 0.930 bits per heavy atom. The molecule has 0 aromatic heterocycles. The van der Waals surface area contributed by atoms with E-state index in [1.54, 1.807) is 31.7 Å². The van der Waals surface area contributed by atoms with Crippen LogP contribution in [0.3, 0.4) is 0 Å². The molecular formula is C31H37N3O8S. The average molecular weight is 612 g/mol. The minimum Gasteiger partial charge on any atom is -0.486 e. The van der Waals surface area contributed by atoms with Gasteiger partial charge in [0.15, 0.2) is 11.5 Å². The topological polar surface area (TPSA) is 126 Å². The van der Waals surface area contributed by atoms with Gasteiger partial charge in [0, 0.05) is 32.2 Å². The van der Waals surface area contributed by atoms with Gasteiger partial charge in [0.25, 0.3) is 0 Å². The molecule has 4 aliphatic rings. The van der Waals surface area contributed by atoms with Crippen LogP contribution < -0.4 is 9.47 Å². The molecule has 1 fully saturated rings. The molecular weight excluding hydrogens is 574 g/mol. The van der Waals surface area contributed by atoms with Crippen LogP contribution in [0.25, 0.3) is 0 Å². The van der Waals surface area contributed by atoms with Crippen molar-refractivity contribution < 1.29 is 37.3 Å². The molecule has 1 N–H and O–H groups in total. The summed E-state index contributed by atoms with van der Waals surface area (Å²) in [6, 6.07) is 14.0. The second kappa shape index (κ2) is 10.8. The maximum atomic E-state index is 14.0. The molecule has 6 rings (SSSR count). The van der Waals surface area contributed by atoms with Crippen LogP contribution in [0.5, 0.6) is 11.5 Å². The number of fused-ring (bicyclic) bond motifs is 1. The number of hydrogen-bond donors (Lipinski definition) is 1. The van der Waals surface area contributed by atoms with E-state index in [4.69, 9.17) is 14.2 Å². The van der Waals surface area contributed by atoms with Crippen LogP contribution in [-0.2, 0) is 19.6 Å². The van der Waals surface area contributed by atoms with E-state index in [1.807, 2.05) is 30.3 Å². The fraction of sp³-hybridized carbons (Fsp3) is 0.484. The highest BCUT2D eigenvalue weighted by atomic mass is 32.2. The Morgan fingerprint density at radius 3 is 2.19 bits per heavy atom. The summed E-state index contributed by atoms with van der Waals surface area (Å²) >= 11 is 0. The summed E-state index contributed by atoms with van der Waals surface area (Å²) in [5.41, 5.74) is 0.748. The zero-order valence-electron chi connectivity index (χ0n) is 24.6. The van der Waals surface area contributed by atoms with Crippen molar-refractivity contribution in [1.29, 1.82) is 0 Å². The smallest absolute Gasteiger partial charge is 0.410 e. The molecule has 12 heteroatoms. The van der Waals surface area contributed by atoms with E-state index in [0.717, 1.165) is 16.7 Å².